The van der Waals surface area contributed by atoms with Crippen LogP contribution in [0.2, 0.25) is 0 Å². The molecule has 4 aliphatic rings. The molecule has 0 saturated carbocycles. The zero-order valence-electron chi connectivity index (χ0n) is 23.6. The fourth-order valence-electron chi connectivity index (χ4n) is 6.64. The monoisotopic (exact) mass is 574 g/mol. The predicted octanol–water partition coefficient (Wildman–Crippen LogP) is 0.928. The second-order valence-electron chi connectivity index (χ2n) is 11.5. The molecule has 12 heteroatoms. The van der Waals surface area contributed by atoms with Crippen LogP contribution in [0, 0.1) is 0 Å². The average Bonchev–Trinajstić information content (AvgIpc) is 3.38. The Labute approximate surface area is 242 Å². The largest absolute Gasteiger partial charge is 0.508 e. The van der Waals surface area contributed by atoms with Crippen LogP contribution < -0.4 is 10.9 Å². The predicted molar refractivity (Wildman–Crippen MR) is 153 cm³/mol. The van der Waals surface area contributed by atoms with Crippen molar-refractivity contribution in [2.45, 2.75) is 38.6 Å². The number of carbonyl (C=O) groups excluding carboxylic acids is 2. The van der Waals surface area contributed by atoms with E-state index < -0.39 is 11.6 Å². The van der Waals surface area contributed by atoms with Gasteiger partial charge < -0.3 is 34.6 Å². The van der Waals surface area contributed by atoms with Crippen molar-refractivity contribution in [1.82, 2.24) is 29.6 Å². The van der Waals surface area contributed by atoms with Gasteiger partial charge in [-0.15, -0.1) is 0 Å². The second kappa shape index (κ2) is 10.1. The Morgan fingerprint density at radius 2 is 1.81 bits per heavy atom. The summed E-state index contributed by atoms with van der Waals surface area (Å²) in [4.78, 5) is 49.8. The number of pyridine rings is 2. The first-order valence-corrected chi connectivity index (χ1v) is 14.6. The number of aliphatic hydroxyl groups is 1. The molecule has 3 N–H and O–H groups in total. The van der Waals surface area contributed by atoms with E-state index in [1.54, 1.807) is 29.7 Å². The Kier molecular flexibility index (Phi) is 6.44. The van der Waals surface area contributed by atoms with Crippen molar-refractivity contribution >= 4 is 22.9 Å². The van der Waals surface area contributed by atoms with Gasteiger partial charge in [0.2, 0.25) is 0 Å². The number of rotatable bonds is 3. The number of piperazine rings is 2. The first-order valence-electron chi connectivity index (χ1n) is 14.6. The summed E-state index contributed by atoms with van der Waals surface area (Å²) in [6, 6.07) is 7.18. The van der Waals surface area contributed by atoms with Crippen molar-refractivity contribution in [2.75, 3.05) is 52.4 Å². The van der Waals surface area contributed by atoms with Gasteiger partial charge in [-0.25, -0.2) is 14.6 Å². The van der Waals surface area contributed by atoms with Crippen molar-refractivity contribution in [1.29, 1.82) is 0 Å². The van der Waals surface area contributed by atoms with E-state index >= 15 is 0 Å². The van der Waals surface area contributed by atoms with Gasteiger partial charge >= 0.3 is 12.0 Å². The minimum Gasteiger partial charge on any atom is -0.508 e. The van der Waals surface area contributed by atoms with Gasteiger partial charge in [0.1, 0.15) is 12.4 Å². The van der Waals surface area contributed by atoms with E-state index in [0.29, 0.717) is 56.2 Å². The molecule has 0 spiro atoms. The van der Waals surface area contributed by atoms with Crippen molar-refractivity contribution in [3.63, 3.8) is 0 Å². The average molecular weight is 575 g/mol. The van der Waals surface area contributed by atoms with E-state index in [0.717, 1.165) is 42.7 Å². The molecule has 0 aliphatic carbocycles. The van der Waals surface area contributed by atoms with Gasteiger partial charge in [-0.1, -0.05) is 6.92 Å². The zero-order chi connectivity index (χ0) is 29.2. The maximum atomic E-state index is 13.5. The summed E-state index contributed by atoms with van der Waals surface area (Å²) < 4.78 is 6.78. The molecule has 220 valence electrons. The van der Waals surface area contributed by atoms with Crippen molar-refractivity contribution in [2.24, 2.45) is 0 Å². The molecule has 42 heavy (non-hydrogen) atoms. The summed E-state index contributed by atoms with van der Waals surface area (Å²) in [6.45, 7) is 8.04. The summed E-state index contributed by atoms with van der Waals surface area (Å²) in [7, 11) is 0. The smallest absolute Gasteiger partial charge is 0.343 e. The SMILES string of the molecule is CC[C@@]1(O)C(=O)OCc2c1cc1n(c2=O)Cc2cc3c(CN4CCN(C(=O)N5CCNCC5)CC4)c(O)ccc3nc2-1. The van der Waals surface area contributed by atoms with Crippen molar-refractivity contribution in [3.8, 4) is 17.1 Å². The van der Waals surface area contributed by atoms with Crippen LogP contribution in [0.1, 0.15) is 35.6 Å². The highest BCUT2D eigenvalue weighted by Crippen LogP contribution is 2.39. The lowest BCUT2D eigenvalue weighted by Crippen LogP contribution is -2.56. The number of phenolic OH excluding ortho intramolecular Hbond substituents is 1. The maximum Gasteiger partial charge on any atom is 0.343 e. The number of ether oxygens (including phenoxy) is 1. The van der Waals surface area contributed by atoms with E-state index in [1.807, 2.05) is 15.9 Å². The number of nitrogens with one attached hydrogen (secondary N) is 1. The molecule has 6 heterocycles. The Balaban J connectivity index is 1.17. The fraction of sp³-hybridized carbons (Fsp3) is 0.467. The lowest BCUT2D eigenvalue weighted by Gasteiger charge is -2.38. The van der Waals surface area contributed by atoms with Gasteiger partial charge in [-0.2, -0.15) is 0 Å². The van der Waals surface area contributed by atoms with Crippen LogP contribution in [-0.2, 0) is 34.8 Å². The third-order valence-electron chi connectivity index (χ3n) is 9.19. The maximum absolute atomic E-state index is 13.5. The third kappa shape index (κ3) is 4.16. The molecule has 4 aliphatic heterocycles. The second-order valence-corrected chi connectivity index (χ2v) is 11.5. The van der Waals surface area contributed by atoms with Gasteiger partial charge in [-0.05, 0) is 30.7 Å². The van der Waals surface area contributed by atoms with E-state index in [4.69, 9.17) is 9.72 Å². The third-order valence-corrected chi connectivity index (χ3v) is 9.19. The van der Waals surface area contributed by atoms with Crippen LogP contribution in [0.15, 0.2) is 29.1 Å². The Morgan fingerprint density at radius 1 is 1.07 bits per heavy atom. The number of carbonyl (C=O) groups is 2. The molecule has 1 aromatic carbocycles. The molecular formula is C30H34N6O6. The number of amides is 2. The van der Waals surface area contributed by atoms with Crippen molar-refractivity contribution < 1.29 is 24.5 Å². The highest BCUT2D eigenvalue weighted by molar-refractivity contribution is 5.89. The molecule has 2 amide bonds. The molecule has 7 rings (SSSR count). The number of nitrogens with zero attached hydrogens (tertiary/aromatic N) is 5. The van der Waals surface area contributed by atoms with Crippen LogP contribution in [0.25, 0.3) is 22.3 Å². The quantitative estimate of drug-likeness (QED) is 0.305. The molecule has 0 bridgehead atoms. The van der Waals surface area contributed by atoms with E-state index in [1.165, 1.54) is 0 Å². The first kappa shape index (κ1) is 26.9. The number of aromatic hydroxyl groups is 1. The van der Waals surface area contributed by atoms with Gasteiger partial charge in [0.15, 0.2) is 5.60 Å². The number of benzene rings is 1. The highest BCUT2D eigenvalue weighted by atomic mass is 16.6. The highest BCUT2D eigenvalue weighted by Gasteiger charge is 2.45. The Bertz CT molecular complexity index is 1670. The van der Waals surface area contributed by atoms with Gasteiger partial charge in [0.05, 0.1) is 29.0 Å². The number of phenols is 1. The van der Waals surface area contributed by atoms with Crippen LogP contribution in [0.3, 0.4) is 0 Å². The summed E-state index contributed by atoms with van der Waals surface area (Å²) in [5, 5.41) is 26.1. The molecule has 1 atom stereocenters. The minimum absolute atomic E-state index is 0.0839. The first-order chi connectivity index (χ1) is 20.3. The molecule has 2 fully saturated rings. The Morgan fingerprint density at radius 3 is 2.55 bits per heavy atom. The van der Waals surface area contributed by atoms with E-state index in [9.17, 15) is 24.6 Å². The van der Waals surface area contributed by atoms with Gasteiger partial charge in [0.25, 0.3) is 5.56 Å². The molecule has 2 aromatic heterocycles. The molecular weight excluding hydrogens is 540 g/mol. The fourth-order valence-corrected chi connectivity index (χ4v) is 6.64. The summed E-state index contributed by atoms with van der Waals surface area (Å²) in [5.74, 6) is -0.573. The van der Waals surface area contributed by atoms with Gasteiger partial charge in [0, 0.05) is 81.0 Å². The van der Waals surface area contributed by atoms with E-state index in [2.05, 4.69) is 10.2 Å². The number of aromatic nitrogens is 2. The van der Waals surface area contributed by atoms with Gasteiger partial charge in [-0.3, -0.25) is 9.69 Å². The van der Waals surface area contributed by atoms with Crippen molar-refractivity contribution in [3.05, 3.63) is 56.9 Å². The standard InChI is InChI=1S/C30H34N6O6/c1-2-30(41)22-14-24-26-18(15-36(24)27(38)21(22)17-42-28(30)39)13-19-20(25(37)4-3-23(19)32-26)16-33-9-11-35(12-10-33)29(40)34-7-5-31-6-8-34/h3-4,13-14,31,37,41H,2,5-12,15-17H2,1H3/t30-/m0/s1. The van der Waals surface area contributed by atoms with Crippen LogP contribution in [-0.4, -0.2) is 98.8 Å². The molecule has 0 unspecified atom stereocenters. The molecule has 0 radical (unpaired) electrons. The van der Waals surface area contributed by atoms with E-state index in [-0.39, 0.29) is 41.5 Å². The molecule has 3 aromatic rings. The number of hydrogen-bond donors (Lipinski definition) is 3. The summed E-state index contributed by atoms with van der Waals surface area (Å²) in [5.41, 5.74) is 1.83. The molecule has 12 nitrogen and oxygen atoms in total. The molecule has 2 saturated heterocycles. The summed E-state index contributed by atoms with van der Waals surface area (Å²) in [6.07, 6.45) is 0.0839. The summed E-state index contributed by atoms with van der Waals surface area (Å²) >= 11 is 0. The normalized spacial score (nSPS) is 22.1. The number of urea groups is 1. The number of fused-ring (bicyclic) bond motifs is 5. The minimum atomic E-state index is -1.87. The number of esters is 1. The Hall–Kier alpha value is -4.00. The topological polar surface area (TPSA) is 140 Å². The van der Waals surface area contributed by atoms with Crippen LogP contribution in [0.5, 0.6) is 5.75 Å². The van der Waals surface area contributed by atoms with Crippen LogP contribution in [0.4, 0.5) is 4.79 Å². The number of cyclic esters (lactones) is 1. The lowest BCUT2D eigenvalue weighted by atomic mass is 9.86. The number of hydrogen-bond acceptors (Lipinski definition) is 9. The zero-order valence-corrected chi connectivity index (χ0v) is 23.6. The van der Waals surface area contributed by atoms with Crippen LogP contribution >= 0.6 is 0 Å². The lowest BCUT2D eigenvalue weighted by molar-refractivity contribution is -0.172.